The number of aliphatic carboxylic acids is 2. The lowest BCUT2D eigenvalue weighted by atomic mass is 9.97. The second kappa shape index (κ2) is 23.9. The Hall–Kier alpha value is -5.30. The first-order valence-electron chi connectivity index (χ1n) is 21.2. The number of carbonyl (C=O) groups is 5. The molecule has 66 heavy (non-hydrogen) atoms. The Labute approximate surface area is 377 Å². The summed E-state index contributed by atoms with van der Waals surface area (Å²) in [6, 6.07) is -7.11. The van der Waals surface area contributed by atoms with Gasteiger partial charge in [-0.3, -0.25) is 33.7 Å². The van der Waals surface area contributed by atoms with Gasteiger partial charge in [-0.15, -0.1) is 0 Å². The minimum atomic E-state index is -1.91. The van der Waals surface area contributed by atoms with Crippen molar-refractivity contribution in [2.45, 2.75) is 132 Å². The topological polar surface area (TPSA) is 435 Å². The predicted molar refractivity (Wildman–Crippen MR) is 226 cm³/mol. The lowest BCUT2D eigenvalue weighted by molar-refractivity contribution is -0.231. The van der Waals surface area contributed by atoms with Crippen LogP contribution < -0.4 is 54.6 Å². The minimum Gasteiger partial charge on any atom is -0.480 e. The molecule has 1 aromatic heterocycles. The molecule has 15 atom stereocenters. The lowest BCUT2D eigenvalue weighted by Gasteiger charge is -2.34. The fourth-order valence-electron chi connectivity index (χ4n) is 7.59. The normalized spacial score (nSPS) is 28.0. The standard InChI is InChI=1S/C38H63N11O17/c1-14(2)19(33(57)58)47-37(61)48-20(16-7-11-43-36(40)44-16)31(56)46-21(23(51)15(3)4)30(55)42-10-6-9-41-22(34(59)60)27(66-35-29(63-5)24(52)17(13-39)64-35)28-25(53)26(54)32(65-28)49-12-8-18(50)45-38(49)62/h8,12,14-17,19-29,32,35,41,51-54H,6-7,9-11,13,39H2,1-5H3,(H,42,55)(H,46,56)(H,57,58)(H,59,60)(H3,40,43,44)(H,45,50,62)(H2,47,48,61)/t16?,17-,19?,20?,21?,22?,23?,24-,25+,26-,27?,28+,29-,32-,35?/m1/s1. The summed E-state index contributed by atoms with van der Waals surface area (Å²) in [5.41, 5.74) is 9.80. The molecule has 0 spiro atoms. The molecule has 28 heteroatoms. The van der Waals surface area contributed by atoms with E-state index in [1.165, 1.54) is 7.11 Å². The van der Waals surface area contributed by atoms with Crippen LogP contribution in [0.2, 0.25) is 0 Å². The Morgan fingerprint density at radius 2 is 1.61 bits per heavy atom. The van der Waals surface area contributed by atoms with Crippen molar-refractivity contribution in [1.29, 1.82) is 0 Å². The molecule has 2 fully saturated rings. The van der Waals surface area contributed by atoms with Crippen molar-refractivity contribution in [1.82, 2.24) is 41.5 Å². The van der Waals surface area contributed by atoms with Crippen molar-refractivity contribution in [3.63, 3.8) is 0 Å². The SMILES string of the molecule is CO[C@H]1C(OC(C(NCCCNC(=O)C(NC(=O)C(NC(=O)NC(C(=O)O)C(C)C)C2CCN=C(N)N2)C(O)C(C)C)C(=O)O)[C@H]2O[C@@H](n3ccc(=O)[nH]c3=O)[C@H](O)[C@@H]2O)O[C@H](CN)[C@H]1O. The summed E-state index contributed by atoms with van der Waals surface area (Å²) < 4.78 is 23.8. The van der Waals surface area contributed by atoms with Crippen LogP contribution in [0.15, 0.2) is 26.8 Å². The summed E-state index contributed by atoms with van der Waals surface area (Å²) >= 11 is 0. The third kappa shape index (κ3) is 13.2. The van der Waals surface area contributed by atoms with Gasteiger partial charge < -0.3 is 93.0 Å². The number of nitrogens with zero attached hydrogens (tertiary/aromatic N) is 2. The number of guanidine groups is 1. The van der Waals surface area contributed by atoms with Gasteiger partial charge in [0.2, 0.25) is 11.8 Å². The molecule has 8 unspecified atom stereocenters. The van der Waals surface area contributed by atoms with Crippen LogP contribution in [0, 0.1) is 11.8 Å². The molecule has 3 aliphatic rings. The van der Waals surface area contributed by atoms with E-state index < -0.39 is 144 Å². The number of ether oxygens (including phenoxy) is 4. The maximum atomic E-state index is 13.9. The molecule has 0 saturated carbocycles. The van der Waals surface area contributed by atoms with Crippen LogP contribution in [0.1, 0.15) is 46.8 Å². The van der Waals surface area contributed by atoms with Gasteiger partial charge in [0.25, 0.3) is 5.56 Å². The van der Waals surface area contributed by atoms with Crippen molar-refractivity contribution in [2.24, 2.45) is 28.3 Å². The fourth-order valence-corrected chi connectivity index (χ4v) is 7.59. The van der Waals surface area contributed by atoms with E-state index in [1.807, 2.05) is 4.98 Å². The van der Waals surface area contributed by atoms with Crippen molar-refractivity contribution in [2.75, 3.05) is 33.3 Å². The number of H-pyrrole nitrogens is 1. The number of aliphatic hydroxyl groups excluding tert-OH is 4. The largest absolute Gasteiger partial charge is 0.480 e. The third-order valence-corrected chi connectivity index (χ3v) is 11.3. The molecule has 28 nitrogen and oxygen atoms in total. The Balaban J connectivity index is 1.50. The number of urea groups is 1. The van der Waals surface area contributed by atoms with Crippen molar-refractivity contribution in [3.05, 3.63) is 33.1 Å². The number of aliphatic imine (C=N–C) groups is 1. The van der Waals surface area contributed by atoms with Crippen LogP contribution in [0.25, 0.3) is 0 Å². The van der Waals surface area contributed by atoms with Gasteiger partial charge in [0.1, 0.15) is 66.9 Å². The Bertz CT molecular complexity index is 1990. The smallest absolute Gasteiger partial charge is 0.330 e. The molecule has 0 radical (unpaired) electrons. The van der Waals surface area contributed by atoms with E-state index in [2.05, 4.69) is 36.9 Å². The van der Waals surface area contributed by atoms with Crippen LogP contribution in [-0.2, 0) is 38.1 Å². The summed E-state index contributed by atoms with van der Waals surface area (Å²) in [7, 11) is 1.22. The number of aromatic nitrogens is 2. The number of hydrogen-bond donors (Lipinski definition) is 15. The number of carboxylic acid groups (broad SMARTS) is 2. The molecule has 0 aliphatic carbocycles. The van der Waals surface area contributed by atoms with E-state index in [1.54, 1.807) is 27.7 Å². The molecule has 4 rings (SSSR count). The number of nitrogens with two attached hydrogens (primary N) is 2. The Morgan fingerprint density at radius 3 is 2.18 bits per heavy atom. The van der Waals surface area contributed by atoms with Gasteiger partial charge in [-0.2, -0.15) is 0 Å². The number of methoxy groups -OCH3 is 1. The molecular formula is C38H63N11O17. The molecule has 4 heterocycles. The zero-order chi connectivity index (χ0) is 49.2. The molecule has 17 N–H and O–H groups in total. The summed E-state index contributed by atoms with van der Waals surface area (Å²) in [6.07, 6.45) is -14.3. The van der Waals surface area contributed by atoms with Crippen LogP contribution in [0.5, 0.6) is 0 Å². The van der Waals surface area contributed by atoms with Crippen LogP contribution in [-0.4, -0.2) is 195 Å². The number of aromatic amines is 1. The predicted octanol–water partition coefficient (Wildman–Crippen LogP) is -6.90. The molecule has 3 aliphatic heterocycles. The molecule has 1 aromatic rings. The zero-order valence-corrected chi connectivity index (χ0v) is 36.9. The summed E-state index contributed by atoms with van der Waals surface area (Å²) in [5.74, 6) is -5.85. The average Bonchev–Trinajstić information content (AvgIpc) is 3.72. The van der Waals surface area contributed by atoms with Gasteiger partial charge >= 0.3 is 23.7 Å². The van der Waals surface area contributed by atoms with Crippen LogP contribution >= 0.6 is 0 Å². The highest BCUT2D eigenvalue weighted by Crippen LogP contribution is 2.35. The van der Waals surface area contributed by atoms with E-state index in [-0.39, 0.29) is 45.0 Å². The number of amides is 4. The van der Waals surface area contributed by atoms with Gasteiger partial charge in [0, 0.05) is 39.0 Å². The lowest BCUT2D eigenvalue weighted by Crippen LogP contribution is -2.66. The number of carbonyl (C=O) groups excluding carboxylic acids is 3. The van der Waals surface area contributed by atoms with Gasteiger partial charge in [0.05, 0.1) is 12.1 Å². The van der Waals surface area contributed by atoms with E-state index in [9.17, 15) is 64.2 Å². The molecule has 2 saturated heterocycles. The molecule has 0 bridgehead atoms. The van der Waals surface area contributed by atoms with Crippen molar-refractivity contribution >= 4 is 35.7 Å². The molecule has 372 valence electrons. The fraction of sp³-hybridized carbons (Fsp3) is 0.737. The van der Waals surface area contributed by atoms with Gasteiger partial charge in [0.15, 0.2) is 18.5 Å². The summed E-state index contributed by atoms with van der Waals surface area (Å²) in [5, 5.41) is 79.5. The van der Waals surface area contributed by atoms with Gasteiger partial charge in [-0.05, 0) is 31.2 Å². The van der Waals surface area contributed by atoms with E-state index in [0.29, 0.717) is 0 Å². The quantitative estimate of drug-likeness (QED) is 0.0453. The van der Waals surface area contributed by atoms with Crippen LogP contribution in [0.3, 0.4) is 0 Å². The van der Waals surface area contributed by atoms with E-state index in [0.717, 1.165) is 16.8 Å². The van der Waals surface area contributed by atoms with Crippen LogP contribution in [0.4, 0.5) is 4.79 Å². The van der Waals surface area contributed by atoms with E-state index >= 15 is 0 Å². The highest BCUT2D eigenvalue weighted by molar-refractivity contribution is 5.94. The number of aliphatic hydroxyl groups is 4. The highest BCUT2D eigenvalue weighted by Gasteiger charge is 2.54. The second-order valence-electron chi connectivity index (χ2n) is 16.7. The first kappa shape index (κ1) is 53.3. The van der Waals surface area contributed by atoms with Crippen molar-refractivity contribution < 1.29 is 73.6 Å². The Kier molecular flexibility index (Phi) is 19.3. The monoisotopic (exact) mass is 945 g/mol. The summed E-state index contributed by atoms with van der Waals surface area (Å²) in [6.45, 7) is 5.89. The average molecular weight is 946 g/mol. The number of carboxylic acids is 2. The van der Waals surface area contributed by atoms with E-state index in [4.69, 9.17) is 30.4 Å². The molecule has 0 aromatic carbocycles. The number of rotatable bonds is 23. The Morgan fingerprint density at radius 1 is 0.924 bits per heavy atom. The maximum absolute atomic E-state index is 13.9. The first-order chi connectivity index (χ1) is 31.1. The number of hydrogen-bond acceptors (Lipinski definition) is 20. The van der Waals surface area contributed by atoms with Gasteiger partial charge in [-0.25, -0.2) is 14.4 Å². The van der Waals surface area contributed by atoms with Gasteiger partial charge in [-0.1, -0.05) is 27.7 Å². The summed E-state index contributed by atoms with van der Waals surface area (Å²) in [4.78, 5) is 95.6. The first-order valence-corrected chi connectivity index (χ1v) is 21.2. The molecule has 4 amide bonds. The van der Waals surface area contributed by atoms with Crippen molar-refractivity contribution in [3.8, 4) is 0 Å². The highest BCUT2D eigenvalue weighted by atomic mass is 16.7. The zero-order valence-electron chi connectivity index (χ0n) is 36.9. The minimum absolute atomic E-state index is 0.0169. The third-order valence-electron chi connectivity index (χ3n) is 11.3. The second-order valence-corrected chi connectivity index (χ2v) is 16.7. The maximum Gasteiger partial charge on any atom is 0.330 e. The molecular weight excluding hydrogens is 882 g/mol. The number of nitrogens with one attached hydrogen (secondary N) is 7.